The third kappa shape index (κ3) is 6.31. The molecule has 1 aromatic rings. The van der Waals surface area contributed by atoms with Crippen LogP contribution in [0.1, 0.15) is 39.2 Å². The minimum absolute atomic E-state index is 0.0288. The van der Waals surface area contributed by atoms with Gasteiger partial charge in [0.1, 0.15) is 0 Å². The highest BCUT2D eigenvalue weighted by Gasteiger charge is 2.51. The molecule has 1 aliphatic carbocycles. The lowest BCUT2D eigenvalue weighted by molar-refractivity contribution is -0.258. The maximum atomic E-state index is 13.4. The molecule has 38 heavy (non-hydrogen) atoms. The highest BCUT2D eigenvalue weighted by molar-refractivity contribution is 7.96. The van der Waals surface area contributed by atoms with E-state index in [1.54, 1.807) is 30.9 Å². The molecule has 1 aromatic carbocycles. The lowest BCUT2D eigenvalue weighted by atomic mass is 9.95. The molecule has 1 saturated heterocycles. The number of benzene rings is 1. The van der Waals surface area contributed by atoms with E-state index in [9.17, 15) is 35.1 Å². The quantitative estimate of drug-likeness (QED) is 0.423. The van der Waals surface area contributed by atoms with Crippen LogP contribution in [0.25, 0.3) is 0 Å². The van der Waals surface area contributed by atoms with E-state index in [1.165, 1.54) is 22.5 Å². The van der Waals surface area contributed by atoms with Crippen molar-refractivity contribution in [3.63, 3.8) is 0 Å². The first-order valence-corrected chi connectivity index (χ1v) is 15.5. The normalized spacial score (nSPS) is 22.2. The van der Waals surface area contributed by atoms with Gasteiger partial charge in [0.15, 0.2) is 5.60 Å². The average Bonchev–Trinajstić information content (AvgIpc) is 2.86. The molecule has 8 nitrogen and oxygen atoms in total. The second-order valence-corrected chi connectivity index (χ2v) is 14.1. The van der Waals surface area contributed by atoms with E-state index in [-0.39, 0.29) is 41.5 Å². The molecular weight excluding hydrogens is 563 g/mol. The van der Waals surface area contributed by atoms with Gasteiger partial charge >= 0.3 is 6.18 Å². The lowest BCUT2D eigenvalue weighted by Gasteiger charge is -2.42. The first kappa shape index (κ1) is 30.7. The SMILES string of the molecule is CC[C@@H](C)S(=O)(=O)NC[C@H]1CN(S(=O)(=O)C2=CC=CCC2=S)CCN1c1ccc([C@@](C)(O)C(F)(F)F)cc1. The van der Waals surface area contributed by atoms with Crippen LogP contribution in [-0.2, 0) is 25.6 Å². The molecule has 1 heterocycles. The minimum Gasteiger partial charge on any atom is -0.376 e. The predicted octanol–water partition coefficient (Wildman–Crippen LogP) is 3.21. The number of hydrogen-bond donors (Lipinski definition) is 2. The average molecular weight is 596 g/mol. The van der Waals surface area contributed by atoms with Gasteiger partial charge < -0.3 is 10.0 Å². The van der Waals surface area contributed by atoms with Gasteiger partial charge in [-0.3, -0.25) is 0 Å². The summed E-state index contributed by atoms with van der Waals surface area (Å²) >= 11 is 5.26. The monoisotopic (exact) mass is 595 g/mol. The van der Waals surface area contributed by atoms with Crippen molar-refractivity contribution in [3.05, 3.63) is 53.0 Å². The van der Waals surface area contributed by atoms with E-state index in [0.29, 0.717) is 25.5 Å². The minimum atomic E-state index is -4.88. The zero-order valence-electron chi connectivity index (χ0n) is 21.3. The van der Waals surface area contributed by atoms with Gasteiger partial charge in [-0.2, -0.15) is 17.5 Å². The van der Waals surface area contributed by atoms with Crippen molar-refractivity contribution in [2.45, 2.75) is 56.7 Å². The van der Waals surface area contributed by atoms with Crippen molar-refractivity contribution in [1.82, 2.24) is 9.03 Å². The van der Waals surface area contributed by atoms with Crippen molar-refractivity contribution in [3.8, 4) is 0 Å². The Morgan fingerprint density at radius 3 is 2.34 bits per heavy atom. The van der Waals surface area contributed by atoms with Crippen LogP contribution in [0.3, 0.4) is 0 Å². The van der Waals surface area contributed by atoms with Crippen LogP contribution >= 0.6 is 12.2 Å². The summed E-state index contributed by atoms with van der Waals surface area (Å²) in [5, 5.41) is 9.32. The third-order valence-corrected chi connectivity index (χ3v) is 11.4. The summed E-state index contributed by atoms with van der Waals surface area (Å²) in [6.45, 7) is 3.98. The van der Waals surface area contributed by atoms with Crippen molar-refractivity contribution >= 4 is 42.8 Å². The van der Waals surface area contributed by atoms with E-state index in [4.69, 9.17) is 12.2 Å². The number of alkyl halides is 3. The van der Waals surface area contributed by atoms with Gasteiger partial charge in [0.2, 0.25) is 20.0 Å². The number of halogens is 3. The second-order valence-electron chi connectivity index (χ2n) is 9.53. The van der Waals surface area contributed by atoms with Crippen LogP contribution in [0.15, 0.2) is 47.4 Å². The Kier molecular flexibility index (Phi) is 9.16. The molecule has 212 valence electrons. The van der Waals surface area contributed by atoms with Gasteiger partial charge in [0, 0.05) is 43.2 Å². The number of anilines is 1. The topological polar surface area (TPSA) is 107 Å². The molecular formula is C24H32F3N3O5S3. The summed E-state index contributed by atoms with van der Waals surface area (Å²) in [6.07, 6.45) is 0.643. The Hall–Kier alpha value is -1.84. The zero-order chi connectivity index (χ0) is 28.5. The van der Waals surface area contributed by atoms with Crippen molar-refractivity contribution < 1.29 is 35.1 Å². The maximum Gasteiger partial charge on any atom is 0.421 e. The van der Waals surface area contributed by atoms with E-state index in [2.05, 4.69) is 4.72 Å². The smallest absolute Gasteiger partial charge is 0.376 e. The number of nitrogens with zero attached hydrogens (tertiary/aromatic N) is 2. The Labute approximate surface area is 227 Å². The predicted molar refractivity (Wildman–Crippen MR) is 145 cm³/mol. The fourth-order valence-electron chi connectivity index (χ4n) is 4.17. The van der Waals surface area contributed by atoms with E-state index < -0.39 is 43.1 Å². The number of thiocarbonyl (C=S) groups is 1. The van der Waals surface area contributed by atoms with Gasteiger partial charge in [0.05, 0.1) is 16.2 Å². The molecule has 0 unspecified atom stereocenters. The molecule has 0 aromatic heterocycles. The van der Waals surface area contributed by atoms with E-state index in [0.717, 1.165) is 12.1 Å². The summed E-state index contributed by atoms with van der Waals surface area (Å²) in [4.78, 5) is 2.07. The number of aliphatic hydroxyl groups is 1. The fourth-order valence-corrected chi connectivity index (χ4v) is 7.39. The Morgan fingerprint density at radius 2 is 1.79 bits per heavy atom. The number of hydrogen-bond acceptors (Lipinski definition) is 7. The molecule has 1 aliphatic heterocycles. The Balaban J connectivity index is 1.91. The number of sulfonamides is 2. The molecule has 1 fully saturated rings. The zero-order valence-corrected chi connectivity index (χ0v) is 23.7. The molecule has 3 rings (SSSR count). The Bertz CT molecular complexity index is 1310. The molecule has 2 N–H and O–H groups in total. The van der Waals surface area contributed by atoms with Crippen LogP contribution in [0, 0.1) is 0 Å². The standard InChI is InChI=1S/C24H32F3N3O5S3/c1-4-17(2)37(32,33)28-15-20-16-29(38(34,35)22-8-6-5-7-21(22)36)13-14-30(20)19-11-9-18(10-12-19)23(3,31)24(25,26)27/h5-6,8-12,17,20,28,31H,4,7,13-16H2,1-3H3/t17-,20+,23-/m1/s1. The number of nitrogens with one attached hydrogen (secondary N) is 1. The molecule has 0 saturated carbocycles. The Morgan fingerprint density at radius 1 is 1.16 bits per heavy atom. The molecule has 2 aliphatic rings. The molecule has 14 heteroatoms. The summed E-state index contributed by atoms with van der Waals surface area (Å²) in [7, 11) is -7.63. The van der Waals surface area contributed by atoms with Gasteiger partial charge in [-0.05, 0) is 44.0 Å². The van der Waals surface area contributed by atoms with Crippen LogP contribution in [0.4, 0.5) is 18.9 Å². The molecule has 0 spiro atoms. The summed E-state index contributed by atoms with van der Waals surface area (Å²) < 4.78 is 95.7. The number of allylic oxidation sites excluding steroid dienone is 4. The number of piperazine rings is 1. The fraction of sp³-hybridized carbons (Fsp3) is 0.542. The summed E-state index contributed by atoms with van der Waals surface area (Å²) in [5.74, 6) is 0. The first-order chi connectivity index (χ1) is 17.5. The van der Waals surface area contributed by atoms with Gasteiger partial charge in [0.25, 0.3) is 0 Å². The van der Waals surface area contributed by atoms with Crippen molar-refractivity contribution in [2.75, 3.05) is 31.1 Å². The molecule has 0 bridgehead atoms. The van der Waals surface area contributed by atoms with E-state index >= 15 is 0 Å². The number of rotatable bonds is 9. The van der Waals surface area contributed by atoms with Crippen molar-refractivity contribution in [1.29, 1.82) is 0 Å². The molecule has 3 atom stereocenters. The third-order valence-electron chi connectivity index (χ3n) is 6.96. The summed E-state index contributed by atoms with van der Waals surface area (Å²) in [5.41, 5.74) is -2.94. The maximum absolute atomic E-state index is 13.4. The highest BCUT2D eigenvalue weighted by atomic mass is 32.2. The van der Waals surface area contributed by atoms with E-state index in [1.807, 2.05) is 0 Å². The second kappa shape index (κ2) is 11.3. The largest absolute Gasteiger partial charge is 0.421 e. The summed E-state index contributed by atoms with van der Waals surface area (Å²) in [6, 6.07) is 4.45. The van der Waals surface area contributed by atoms with Crippen LogP contribution in [0.2, 0.25) is 0 Å². The van der Waals surface area contributed by atoms with Gasteiger partial charge in [-0.25, -0.2) is 21.6 Å². The molecule has 0 amide bonds. The van der Waals surface area contributed by atoms with Crippen LogP contribution in [0.5, 0.6) is 0 Å². The van der Waals surface area contributed by atoms with Gasteiger partial charge in [-0.15, -0.1) is 0 Å². The lowest BCUT2D eigenvalue weighted by Crippen LogP contribution is -2.59. The van der Waals surface area contributed by atoms with Crippen LogP contribution in [-0.4, -0.2) is 74.8 Å². The van der Waals surface area contributed by atoms with Gasteiger partial charge in [-0.1, -0.05) is 43.4 Å². The molecule has 0 radical (unpaired) electrons. The van der Waals surface area contributed by atoms with Crippen LogP contribution < -0.4 is 9.62 Å². The first-order valence-electron chi connectivity index (χ1n) is 12.1. The van der Waals surface area contributed by atoms with Crippen molar-refractivity contribution in [2.24, 2.45) is 0 Å². The highest BCUT2D eigenvalue weighted by Crippen LogP contribution is 2.39.